The molecule has 0 saturated carbocycles. The smallest absolute Gasteiger partial charge is 0.229 e. The molecule has 10 heteroatoms. The molecule has 0 aliphatic carbocycles. The first-order chi connectivity index (χ1) is 14.4. The van der Waals surface area contributed by atoms with Crippen molar-refractivity contribution in [3.8, 4) is 11.5 Å². The molecule has 30 heavy (non-hydrogen) atoms. The first-order valence-electron chi connectivity index (χ1n) is 9.38. The quantitative estimate of drug-likeness (QED) is 0.251. The number of aromatic nitrogens is 2. The minimum atomic E-state index is 0.323. The van der Waals surface area contributed by atoms with Crippen molar-refractivity contribution in [2.75, 3.05) is 45.1 Å². The largest absolute Gasteiger partial charge is 0.497 e. The summed E-state index contributed by atoms with van der Waals surface area (Å²) in [6.07, 6.45) is 0.765. The fourth-order valence-electron chi connectivity index (χ4n) is 2.57. The van der Waals surface area contributed by atoms with E-state index in [0.29, 0.717) is 47.4 Å². The van der Waals surface area contributed by atoms with Gasteiger partial charge in [0.15, 0.2) is 5.11 Å². The second-order valence-corrected chi connectivity index (χ2v) is 6.73. The Morgan fingerprint density at radius 2 is 1.77 bits per heavy atom. The molecular formula is C20H28N6O3S. The Labute approximate surface area is 182 Å². The molecule has 0 aliphatic rings. The number of guanidine groups is 1. The van der Waals surface area contributed by atoms with Gasteiger partial charge in [-0.3, -0.25) is 10.3 Å². The zero-order valence-corrected chi connectivity index (χ0v) is 18.7. The lowest BCUT2D eigenvalue weighted by Crippen LogP contribution is -2.39. The normalized spacial score (nSPS) is 11.0. The molecule has 1 aromatic carbocycles. The van der Waals surface area contributed by atoms with Crippen LogP contribution in [0.2, 0.25) is 0 Å². The van der Waals surface area contributed by atoms with Crippen molar-refractivity contribution in [3.05, 3.63) is 35.7 Å². The SMILES string of the molecule is COCCCN=C(NC(=S)Nc1cc(OC)ccc1OC)Nc1nc(C)cc(C)n1. The lowest BCUT2D eigenvalue weighted by atomic mass is 10.2. The van der Waals surface area contributed by atoms with E-state index in [-0.39, 0.29) is 0 Å². The van der Waals surface area contributed by atoms with Gasteiger partial charge < -0.3 is 24.8 Å². The highest BCUT2D eigenvalue weighted by atomic mass is 32.1. The second-order valence-electron chi connectivity index (χ2n) is 6.32. The van der Waals surface area contributed by atoms with Gasteiger partial charge in [-0.15, -0.1) is 0 Å². The van der Waals surface area contributed by atoms with E-state index in [4.69, 9.17) is 26.4 Å². The molecule has 0 saturated heterocycles. The molecule has 0 bridgehead atoms. The van der Waals surface area contributed by atoms with Crippen LogP contribution in [0, 0.1) is 13.8 Å². The zero-order valence-electron chi connectivity index (χ0n) is 17.9. The minimum absolute atomic E-state index is 0.323. The van der Waals surface area contributed by atoms with Crippen LogP contribution in [0.3, 0.4) is 0 Å². The molecule has 0 atom stereocenters. The van der Waals surface area contributed by atoms with E-state index in [0.717, 1.165) is 17.8 Å². The molecule has 162 valence electrons. The molecule has 0 radical (unpaired) electrons. The summed E-state index contributed by atoms with van der Waals surface area (Å²) in [6, 6.07) is 7.30. The van der Waals surface area contributed by atoms with Gasteiger partial charge in [0.05, 0.1) is 19.9 Å². The number of benzene rings is 1. The summed E-state index contributed by atoms with van der Waals surface area (Å²) >= 11 is 5.46. The van der Waals surface area contributed by atoms with Crippen LogP contribution in [0.15, 0.2) is 29.3 Å². The Bertz CT molecular complexity index is 871. The fraction of sp³-hybridized carbons (Fsp3) is 0.400. The highest BCUT2D eigenvalue weighted by Crippen LogP contribution is 2.28. The van der Waals surface area contributed by atoms with E-state index in [1.165, 1.54) is 0 Å². The van der Waals surface area contributed by atoms with Gasteiger partial charge in [0.1, 0.15) is 11.5 Å². The predicted octanol–water partition coefficient (Wildman–Crippen LogP) is 2.90. The molecule has 0 aliphatic heterocycles. The summed E-state index contributed by atoms with van der Waals surface area (Å²) in [6.45, 7) is 4.97. The highest BCUT2D eigenvalue weighted by molar-refractivity contribution is 7.80. The molecular weight excluding hydrogens is 404 g/mol. The van der Waals surface area contributed by atoms with E-state index >= 15 is 0 Å². The molecule has 2 rings (SSSR count). The van der Waals surface area contributed by atoms with Gasteiger partial charge in [0, 0.05) is 37.7 Å². The third-order valence-electron chi connectivity index (χ3n) is 3.88. The van der Waals surface area contributed by atoms with Crippen LogP contribution in [0.5, 0.6) is 11.5 Å². The average Bonchev–Trinajstić information content (AvgIpc) is 2.70. The Balaban J connectivity index is 2.15. The molecule has 2 aromatic rings. The van der Waals surface area contributed by atoms with Gasteiger partial charge in [-0.1, -0.05) is 0 Å². The van der Waals surface area contributed by atoms with Gasteiger partial charge in [0.25, 0.3) is 0 Å². The van der Waals surface area contributed by atoms with Crippen LogP contribution in [-0.2, 0) is 4.74 Å². The highest BCUT2D eigenvalue weighted by Gasteiger charge is 2.10. The van der Waals surface area contributed by atoms with E-state index in [2.05, 4.69) is 30.9 Å². The molecule has 0 fully saturated rings. The van der Waals surface area contributed by atoms with Crippen LogP contribution in [-0.4, -0.2) is 55.5 Å². The molecule has 0 amide bonds. The lowest BCUT2D eigenvalue weighted by Gasteiger charge is -2.16. The Hall–Kier alpha value is -2.98. The Morgan fingerprint density at radius 3 is 2.40 bits per heavy atom. The number of nitrogens with zero attached hydrogens (tertiary/aromatic N) is 3. The summed E-state index contributed by atoms with van der Waals surface area (Å²) in [5.74, 6) is 2.17. The van der Waals surface area contributed by atoms with Crippen molar-refractivity contribution < 1.29 is 14.2 Å². The standard InChI is InChI=1S/C20H28N6O3S/c1-13-11-14(2)23-19(22-13)25-18(21-9-6-10-27-3)26-20(30)24-16-12-15(28-4)7-8-17(16)29-5/h7-8,11-12H,6,9-10H2,1-5H3,(H3,21,22,23,24,25,26,30). The van der Waals surface area contributed by atoms with Crippen molar-refractivity contribution in [1.82, 2.24) is 15.3 Å². The third-order valence-corrected chi connectivity index (χ3v) is 4.08. The van der Waals surface area contributed by atoms with Crippen molar-refractivity contribution in [1.29, 1.82) is 0 Å². The average molecular weight is 433 g/mol. The second kappa shape index (κ2) is 11.9. The number of hydrogen-bond donors (Lipinski definition) is 3. The number of aryl methyl sites for hydroxylation is 2. The van der Waals surface area contributed by atoms with Gasteiger partial charge in [0.2, 0.25) is 11.9 Å². The van der Waals surface area contributed by atoms with Gasteiger partial charge in [-0.2, -0.15) is 0 Å². The number of ether oxygens (including phenoxy) is 3. The third kappa shape index (κ3) is 7.45. The maximum atomic E-state index is 5.46. The number of rotatable bonds is 8. The maximum Gasteiger partial charge on any atom is 0.229 e. The summed E-state index contributed by atoms with van der Waals surface area (Å²) < 4.78 is 15.7. The molecule has 0 unspecified atom stereocenters. The topological polar surface area (TPSA) is 102 Å². The number of methoxy groups -OCH3 is 3. The monoisotopic (exact) mass is 432 g/mol. The molecule has 3 N–H and O–H groups in total. The van der Waals surface area contributed by atoms with Crippen molar-refractivity contribution in [2.24, 2.45) is 4.99 Å². The maximum absolute atomic E-state index is 5.46. The van der Waals surface area contributed by atoms with Crippen LogP contribution >= 0.6 is 12.2 Å². The van der Waals surface area contributed by atoms with E-state index in [9.17, 15) is 0 Å². The number of thiocarbonyl (C=S) groups is 1. The minimum Gasteiger partial charge on any atom is -0.497 e. The fourth-order valence-corrected chi connectivity index (χ4v) is 2.78. The molecule has 1 heterocycles. The molecule has 1 aromatic heterocycles. The van der Waals surface area contributed by atoms with Crippen LogP contribution in [0.4, 0.5) is 11.6 Å². The van der Waals surface area contributed by atoms with Gasteiger partial charge >= 0.3 is 0 Å². The van der Waals surface area contributed by atoms with E-state index in [1.54, 1.807) is 33.5 Å². The van der Waals surface area contributed by atoms with Crippen LogP contribution in [0.1, 0.15) is 17.8 Å². The number of aliphatic imine (C=N–C) groups is 1. The summed E-state index contributed by atoms with van der Waals surface area (Å²) in [7, 11) is 4.84. The Kier molecular flexibility index (Phi) is 9.23. The van der Waals surface area contributed by atoms with Crippen LogP contribution in [0.25, 0.3) is 0 Å². The predicted molar refractivity (Wildman–Crippen MR) is 123 cm³/mol. The first-order valence-corrected chi connectivity index (χ1v) is 9.78. The van der Waals surface area contributed by atoms with Gasteiger partial charge in [-0.25, -0.2) is 9.97 Å². The zero-order chi connectivity index (χ0) is 21.9. The van der Waals surface area contributed by atoms with Crippen molar-refractivity contribution in [2.45, 2.75) is 20.3 Å². The molecule has 9 nitrogen and oxygen atoms in total. The van der Waals surface area contributed by atoms with Crippen molar-refractivity contribution in [3.63, 3.8) is 0 Å². The number of hydrogen-bond acceptors (Lipinski definition) is 7. The number of anilines is 2. The summed E-state index contributed by atoms with van der Waals surface area (Å²) in [5, 5.41) is 9.59. The van der Waals surface area contributed by atoms with E-state index in [1.807, 2.05) is 26.0 Å². The summed E-state index contributed by atoms with van der Waals surface area (Å²) in [5.41, 5.74) is 2.37. The summed E-state index contributed by atoms with van der Waals surface area (Å²) in [4.78, 5) is 13.3. The molecule has 0 spiro atoms. The Morgan fingerprint density at radius 1 is 1.03 bits per heavy atom. The lowest BCUT2D eigenvalue weighted by molar-refractivity contribution is 0.197. The van der Waals surface area contributed by atoms with Gasteiger partial charge in [-0.05, 0) is 50.7 Å². The van der Waals surface area contributed by atoms with Crippen molar-refractivity contribution >= 4 is 34.9 Å². The number of nitrogens with one attached hydrogen (secondary N) is 3. The van der Waals surface area contributed by atoms with Crippen LogP contribution < -0.4 is 25.4 Å². The van der Waals surface area contributed by atoms with E-state index < -0.39 is 0 Å². The first kappa shape index (κ1) is 23.3.